The molecule has 0 aromatic heterocycles. The Kier molecular flexibility index (Phi) is 5.63. The molecule has 6 heteroatoms. The molecule has 1 aromatic rings. The van der Waals surface area contributed by atoms with Crippen molar-refractivity contribution in [2.75, 3.05) is 26.8 Å². The monoisotopic (exact) mass is 307 g/mol. The third-order valence-corrected chi connectivity index (χ3v) is 3.38. The van der Waals surface area contributed by atoms with Crippen LogP contribution in [0.15, 0.2) is 24.3 Å². The summed E-state index contributed by atoms with van der Waals surface area (Å²) in [5, 5.41) is 0. The summed E-state index contributed by atoms with van der Waals surface area (Å²) in [5.74, 6) is 0.287. The molecule has 120 valence electrons. The lowest BCUT2D eigenvalue weighted by molar-refractivity contribution is -0.159. The fourth-order valence-electron chi connectivity index (χ4n) is 1.99. The number of hydrogen-bond donors (Lipinski definition) is 0. The van der Waals surface area contributed by atoms with Crippen LogP contribution in [0.2, 0.25) is 0 Å². The van der Waals surface area contributed by atoms with E-state index in [2.05, 4.69) is 6.92 Å². The maximum absolute atomic E-state index is 12.0. The summed E-state index contributed by atoms with van der Waals surface area (Å²) in [6, 6.07) is 7.11. The first-order valence-electron chi connectivity index (χ1n) is 7.41. The van der Waals surface area contributed by atoms with Crippen LogP contribution in [0.25, 0.3) is 0 Å². The second kappa shape index (κ2) is 7.68. The molecule has 0 saturated heterocycles. The van der Waals surface area contributed by atoms with Crippen molar-refractivity contribution in [1.29, 1.82) is 0 Å². The molecule has 0 bridgehead atoms. The number of ether oxygens (including phenoxy) is 3. The second-order valence-corrected chi connectivity index (χ2v) is 5.14. The molecule has 2 rings (SSSR count). The fraction of sp³-hybridized carbons (Fsp3) is 0.500. The highest BCUT2D eigenvalue weighted by molar-refractivity contribution is 5.82. The summed E-state index contributed by atoms with van der Waals surface area (Å²) in [6.07, 6.45) is 1.08. The van der Waals surface area contributed by atoms with E-state index in [-0.39, 0.29) is 19.1 Å². The van der Waals surface area contributed by atoms with Crippen LogP contribution in [0.3, 0.4) is 0 Å². The Morgan fingerprint density at radius 1 is 1.32 bits per heavy atom. The number of hydrogen-bond acceptors (Lipinski definition) is 5. The number of fused-ring (bicyclic) bond motifs is 1. The van der Waals surface area contributed by atoms with Crippen molar-refractivity contribution >= 4 is 11.9 Å². The van der Waals surface area contributed by atoms with Crippen LogP contribution < -0.4 is 9.47 Å². The number of carbonyl (C=O) groups is 2. The standard InChI is InChI=1S/C16H21NO5/c1-3-4-9-17(2)15(18)11-21-16(19)14-10-20-12-7-5-6-8-13(12)22-14/h5-8,14H,3-4,9-11H2,1-2H3/t14-/m0/s1. The summed E-state index contributed by atoms with van der Waals surface area (Å²) in [7, 11) is 1.70. The van der Waals surface area contributed by atoms with Gasteiger partial charge in [-0.1, -0.05) is 25.5 Å². The minimum atomic E-state index is -0.844. The van der Waals surface area contributed by atoms with Gasteiger partial charge >= 0.3 is 5.97 Å². The first-order chi connectivity index (χ1) is 10.6. The topological polar surface area (TPSA) is 65.1 Å². The van der Waals surface area contributed by atoms with Crippen LogP contribution in [0, 0.1) is 0 Å². The van der Waals surface area contributed by atoms with Crippen LogP contribution in [0.4, 0.5) is 0 Å². The summed E-state index contributed by atoms with van der Waals surface area (Å²) in [5.41, 5.74) is 0. The number of unbranched alkanes of at least 4 members (excludes halogenated alkanes) is 1. The maximum atomic E-state index is 12.0. The van der Waals surface area contributed by atoms with Gasteiger partial charge in [-0.15, -0.1) is 0 Å². The van der Waals surface area contributed by atoms with Gasteiger partial charge in [0.25, 0.3) is 5.91 Å². The van der Waals surface area contributed by atoms with Gasteiger partial charge in [-0.25, -0.2) is 4.79 Å². The van der Waals surface area contributed by atoms with Crippen molar-refractivity contribution in [2.45, 2.75) is 25.9 Å². The molecule has 0 fully saturated rings. The largest absolute Gasteiger partial charge is 0.485 e. The van der Waals surface area contributed by atoms with Gasteiger partial charge in [0.15, 0.2) is 18.1 Å². The molecule has 1 heterocycles. The third kappa shape index (κ3) is 4.13. The van der Waals surface area contributed by atoms with Crippen molar-refractivity contribution in [1.82, 2.24) is 4.90 Å². The highest BCUT2D eigenvalue weighted by Crippen LogP contribution is 2.31. The van der Waals surface area contributed by atoms with Gasteiger partial charge in [0, 0.05) is 13.6 Å². The average Bonchev–Trinajstić information content (AvgIpc) is 2.56. The van der Waals surface area contributed by atoms with E-state index in [4.69, 9.17) is 14.2 Å². The van der Waals surface area contributed by atoms with Gasteiger partial charge in [-0.05, 0) is 18.6 Å². The Labute approximate surface area is 129 Å². The summed E-state index contributed by atoms with van der Waals surface area (Å²) < 4.78 is 16.0. The van der Waals surface area contributed by atoms with Crippen molar-refractivity contribution < 1.29 is 23.8 Å². The lowest BCUT2D eigenvalue weighted by atomic mass is 10.2. The Balaban J connectivity index is 1.80. The van der Waals surface area contributed by atoms with E-state index in [1.165, 1.54) is 0 Å². The highest BCUT2D eigenvalue weighted by atomic mass is 16.6. The molecular formula is C16H21NO5. The van der Waals surface area contributed by atoms with E-state index in [0.29, 0.717) is 18.0 Å². The van der Waals surface area contributed by atoms with Crippen LogP contribution in [0.5, 0.6) is 11.5 Å². The number of esters is 1. The third-order valence-electron chi connectivity index (χ3n) is 3.38. The molecule has 22 heavy (non-hydrogen) atoms. The molecular weight excluding hydrogens is 286 g/mol. The van der Waals surface area contributed by atoms with Crippen LogP contribution in [0.1, 0.15) is 19.8 Å². The molecule has 0 N–H and O–H groups in total. The Morgan fingerprint density at radius 2 is 2.05 bits per heavy atom. The Bertz CT molecular complexity index is 531. The molecule has 1 atom stereocenters. The number of benzene rings is 1. The van der Waals surface area contributed by atoms with Gasteiger partial charge in [0.05, 0.1) is 0 Å². The lowest BCUT2D eigenvalue weighted by Gasteiger charge is -2.25. The van der Waals surface area contributed by atoms with E-state index < -0.39 is 12.1 Å². The van der Waals surface area contributed by atoms with E-state index >= 15 is 0 Å². The molecule has 1 amide bonds. The smallest absolute Gasteiger partial charge is 0.351 e. The molecule has 0 unspecified atom stereocenters. The molecule has 0 radical (unpaired) electrons. The molecule has 0 saturated carbocycles. The quantitative estimate of drug-likeness (QED) is 0.747. The first kappa shape index (κ1) is 16.1. The number of likely N-dealkylation sites (N-methyl/N-ethyl adjacent to an activating group) is 1. The number of carbonyl (C=O) groups excluding carboxylic acids is 2. The Morgan fingerprint density at radius 3 is 2.77 bits per heavy atom. The average molecular weight is 307 g/mol. The number of nitrogens with zero attached hydrogens (tertiary/aromatic N) is 1. The summed E-state index contributed by atoms with van der Waals surface area (Å²) in [4.78, 5) is 25.3. The van der Waals surface area contributed by atoms with E-state index in [9.17, 15) is 9.59 Å². The highest BCUT2D eigenvalue weighted by Gasteiger charge is 2.29. The van der Waals surface area contributed by atoms with Gasteiger partial charge in [-0.3, -0.25) is 4.79 Å². The van der Waals surface area contributed by atoms with Crippen molar-refractivity contribution in [3.63, 3.8) is 0 Å². The molecule has 0 aliphatic carbocycles. The molecule has 1 aromatic carbocycles. The number of amides is 1. The lowest BCUT2D eigenvalue weighted by Crippen LogP contribution is -2.40. The molecule has 1 aliphatic heterocycles. The molecule has 0 spiro atoms. The number of para-hydroxylation sites is 2. The maximum Gasteiger partial charge on any atom is 0.351 e. The van der Waals surface area contributed by atoms with Crippen LogP contribution in [-0.4, -0.2) is 49.7 Å². The van der Waals surface area contributed by atoms with Crippen LogP contribution in [-0.2, 0) is 14.3 Å². The van der Waals surface area contributed by atoms with Crippen molar-refractivity contribution in [3.8, 4) is 11.5 Å². The van der Waals surface area contributed by atoms with Gasteiger partial charge in [-0.2, -0.15) is 0 Å². The fourth-order valence-corrected chi connectivity index (χ4v) is 1.99. The molecule has 1 aliphatic rings. The predicted octanol–water partition coefficient (Wildman–Crippen LogP) is 1.63. The normalized spacial score (nSPS) is 16.0. The van der Waals surface area contributed by atoms with Gasteiger partial charge in [0.1, 0.15) is 6.61 Å². The summed E-state index contributed by atoms with van der Waals surface area (Å²) >= 11 is 0. The van der Waals surface area contributed by atoms with E-state index in [1.54, 1.807) is 30.1 Å². The Hall–Kier alpha value is -2.24. The zero-order valence-electron chi connectivity index (χ0n) is 12.9. The minimum absolute atomic E-state index is 0.0791. The van der Waals surface area contributed by atoms with E-state index in [1.807, 2.05) is 6.07 Å². The van der Waals surface area contributed by atoms with E-state index in [0.717, 1.165) is 12.8 Å². The van der Waals surface area contributed by atoms with Crippen molar-refractivity contribution in [3.05, 3.63) is 24.3 Å². The predicted molar refractivity (Wildman–Crippen MR) is 79.9 cm³/mol. The summed E-state index contributed by atoms with van der Waals surface area (Å²) in [6.45, 7) is 2.51. The second-order valence-electron chi connectivity index (χ2n) is 5.14. The van der Waals surface area contributed by atoms with Gasteiger partial charge in [0.2, 0.25) is 6.10 Å². The van der Waals surface area contributed by atoms with Gasteiger partial charge < -0.3 is 19.1 Å². The number of rotatable bonds is 6. The first-order valence-corrected chi connectivity index (χ1v) is 7.41. The molecule has 6 nitrogen and oxygen atoms in total. The SMILES string of the molecule is CCCCN(C)C(=O)COC(=O)[C@@H]1COc2ccccc2O1. The minimum Gasteiger partial charge on any atom is -0.485 e. The zero-order chi connectivity index (χ0) is 15.9. The van der Waals surface area contributed by atoms with Crippen LogP contribution >= 0.6 is 0 Å². The van der Waals surface area contributed by atoms with Crippen molar-refractivity contribution in [2.24, 2.45) is 0 Å². The zero-order valence-corrected chi connectivity index (χ0v) is 12.9.